The summed E-state index contributed by atoms with van der Waals surface area (Å²) >= 11 is 6.16. The molecule has 1 saturated heterocycles. The monoisotopic (exact) mass is 328 g/mol. The van der Waals surface area contributed by atoms with E-state index in [1.165, 1.54) is 0 Å². The number of rotatable bonds is 2. The number of benzene rings is 1. The predicted molar refractivity (Wildman–Crippen MR) is 86.9 cm³/mol. The van der Waals surface area contributed by atoms with E-state index in [4.69, 9.17) is 16.1 Å². The highest BCUT2D eigenvalue weighted by molar-refractivity contribution is 6.33. The number of aromatic nitrogens is 1. The summed E-state index contributed by atoms with van der Waals surface area (Å²) in [6.07, 6.45) is 1.71. The number of nitrogens with one attached hydrogen (secondary N) is 1. The Morgan fingerprint density at radius 3 is 3.09 bits per heavy atom. The molecule has 0 aliphatic carbocycles. The molecule has 2 aliphatic rings. The van der Waals surface area contributed by atoms with Crippen molar-refractivity contribution in [3.63, 3.8) is 0 Å². The number of hydrogen-bond acceptors (Lipinski definition) is 5. The van der Waals surface area contributed by atoms with Gasteiger partial charge in [-0.3, -0.25) is 15.1 Å². The molecule has 23 heavy (non-hydrogen) atoms. The summed E-state index contributed by atoms with van der Waals surface area (Å²) in [6.45, 7) is 2.04. The first-order valence-corrected chi connectivity index (χ1v) is 7.61. The second kappa shape index (κ2) is 5.55. The van der Waals surface area contributed by atoms with Crippen LogP contribution < -0.4 is 5.32 Å². The third kappa shape index (κ3) is 2.61. The maximum absolute atomic E-state index is 12.1. The van der Waals surface area contributed by atoms with E-state index in [2.05, 4.69) is 15.5 Å². The van der Waals surface area contributed by atoms with Crippen molar-refractivity contribution in [1.82, 2.24) is 15.4 Å². The third-order valence-electron chi connectivity index (χ3n) is 3.80. The maximum atomic E-state index is 12.1. The third-order valence-corrected chi connectivity index (χ3v) is 4.13. The molecule has 6 nitrogen and oxygen atoms in total. The van der Waals surface area contributed by atoms with Crippen LogP contribution in [0.2, 0.25) is 5.02 Å². The van der Waals surface area contributed by atoms with Gasteiger partial charge >= 0.3 is 0 Å². The summed E-state index contributed by atoms with van der Waals surface area (Å²) in [4.78, 5) is 18.4. The van der Waals surface area contributed by atoms with Gasteiger partial charge in [0.05, 0.1) is 18.1 Å². The molecule has 0 radical (unpaired) electrons. The molecule has 4 rings (SSSR count). The van der Waals surface area contributed by atoms with Gasteiger partial charge in [-0.25, -0.2) is 0 Å². The standard InChI is InChI=1S/C16H13ClN4O2/c17-13-4-2-1-3-12(13)14-8-11(23-20-14)7-10-9-21-6-5-18-16(21)19-15(10)22/h1-4,7-8H,5-6,9H2,(H,18,19,22)/b10-7-. The SMILES string of the molecule is O=C1NC2=NCCN2C/C1=C/c1cc(-c2ccccc2Cl)no1. The van der Waals surface area contributed by atoms with Gasteiger partial charge in [-0.15, -0.1) is 0 Å². The Hall–Kier alpha value is -2.60. The molecule has 1 aromatic heterocycles. The molecule has 0 atom stereocenters. The number of nitrogens with zero attached hydrogens (tertiary/aromatic N) is 3. The zero-order valence-electron chi connectivity index (χ0n) is 12.1. The number of aliphatic imine (C=N–C) groups is 1. The fourth-order valence-electron chi connectivity index (χ4n) is 2.65. The number of carbonyl (C=O) groups is 1. The van der Waals surface area contributed by atoms with Crippen LogP contribution in [-0.2, 0) is 4.79 Å². The van der Waals surface area contributed by atoms with Gasteiger partial charge in [0.1, 0.15) is 5.69 Å². The second-order valence-corrected chi connectivity index (χ2v) is 5.75. The molecule has 3 heterocycles. The molecule has 7 heteroatoms. The van der Waals surface area contributed by atoms with Gasteiger partial charge in [-0.1, -0.05) is 35.0 Å². The van der Waals surface area contributed by atoms with Crippen molar-refractivity contribution < 1.29 is 9.32 Å². The molecule has 2 aromatic rings. The molecule has 1 amide bonds. The van der Waals surface area contributed by atoms with Gasteiger partial charge in [0.15, 0.2) is 5.76 Å². The van der Waals surface area contributed by atoms with Gasteiger partial charge in [0.2, 0.25) is 5.96 Å². The molecule has 0 bridgehead atoms. The zero-order chi connectivity index (χ0) is 15.8. The number of hydrogen-bond donors (Lipinski definition) is 1. The van der Waals surface area contributed by atoms with Crippen molar-refractivity contribution in [1.29, 1.82) is 0 Å². The van der Waals surface area contributed by atoms with Crippen LogP contribution in [0.3, 0.4) is 0 Å². The Morgan fingerprint density at radius 1 is 1.35 bits per heavy atom. The largest absolute Gasteiger partial charge is 0.356 e. The first-order valence-electron chi connectivity index (χ1n) is 7.23. The fraction of sp³-hybridized carbons (Fsp3) is 0.188. The molecule has 116 valence electrons. The van der Waals surface area contributed by atoms with E-state index in [1.54, 1.807) is 18.2 Å². The Bertz CT molecular complexity index is 840. The quantitative estimate of drug-likeness (QED) is 0.858. The van der Waals surface area contributed by atoms with Crippen molar-refractivity contribution in [3.05, 3.63) is 46.7 Å². The minimum Gasteiger partial charge on any atom is -0.356 e. The van der Waals surface area contributed by atoms with E-state index in [1.807, 2.05) is 23.1 Å². The lowest BCUT2D eigenvalue weighted by Gasteiger charge is -2.26. The van der Waals surface area contributed by atoms with E-state index in [9.17, 15) is 4.79 Å². The Labute approximate surface area is 137 Å². The summed E-state index contributed by atoms with van der Waals surface area (Å²) in [7, 11) is 0. The zero-order valence-corrected chi connectivity index (χ0v) is 12.9. The van der Waals surface area contributed by atoms with E-state index >= 15 is 0 Å². The van der Waals surface area contributed by atoms with E-state index in [0.29, 0.717) is 41.1 Å². The summed E-state index contributed by atoms with van der Waals surface area (Å²) in [5.74, 6) is 1.02. The van der Waals surface area contributed by atoms with Crippen molar-refractivity contribution >= 4 is 29.5 Å². The smallest absolute Gasteiger partial charge is 0.255 e. The highest BCUT2D eigenvalue weighted by Gasteiger charge is 2.28. The Kier molecular flexibility index (Phi) is 3.38. The number of guanidine groups is 1. The minimum atomic E-state index is -0.155. The summed E-state index contributed by atoms with van der Waals surface area (Å²) < 4.78 is 5.32. The summed E-state index contributed by atoms with van der Waals surface area (Å²) in [5.41, 5.74) is 2.06. The highest BCUT2D eigenvalue weighted by Crippen LogP contribution is 2.27. The first-order chi connectivity index (χ1) is 11.2. The molecule has 1 aromatic carbocycles. The lowest BCUT2D eigenvalue weighted by molar-refractivity contribution is -0.116. The first kappa shape index (κ1) is 14.0. The lowest BCUT2D eigenvalue weighted by Crippen LogP contribution is -2.49. The normalized spacial score (nSPS) is 18.8. The molecule has 0 spiro atoms. The van der Waals surface area contributed by atoms with Crippen molar-refractivity contribution in [3.8, 4) is 11.3 Å². The topological polar surface area (TPSA) is 70.7 Å². The number of fused-ring (bicyclic) bond motifs is 1. The average molecular weight is 329 g/mol. The van der Waals surface area contributed by atoms with Gasteiger partial charge in [-0.05, 0) is 12.1 Å². The van der Waals surface area contributed by atoms with E-state index in [0.717, 1.165) is 12.1 Å². The predicted octanol–water partition coefficient (Wildman–Crippen LogP) is 2.18. The van der Waals surface area contributed by atoms with Crippen LogP contribution in [0.25, 0.3) is 17.3 Å². The van der Waals surface area contributed by atoms with Crippen LogP contribution in [0.5, 0.6) is 0 Å². The van der Waals surface area contributed by atoms with Crippen LogP contribution in [0.4, 0.5) is 0 Å². The number of amides is 1. The Morgan fingerprint density at radius 2 is 2.22 bits per heavy atom. The second-order valence-electron chi connectivity index (χ2n) is 5.34. The van der Waals surface area contributed by atoms with Gasteiger partial charge < -0.3 is 9.42 Å². The molecule has 1 N–H and O–H groups in total. The van der Waals surface area contributed by atoms with Gasteiger partial charge in [0.25, 0.3) is 5.91 Å². The number of carbonyl (C=O) groups excluding carboxylic acids is 1. The van der Waals surface area contributed by atoms with Crippen molar-refractivity contribution in [2.75, 3.05) is 19.6 Å². The molecule has 0 unspecified atom stereocenters. The summed E-state index contributed by atoms with van der Waals surface area (Å²) in [6, 6.07) is 9.19. The molecule has 2 aliphatic heterocycles. The molecular weight excluding hydrogens is 316 g/mol. The lowest BCUT2D eigenvalue weighted by atomic mass is 10.1. The average Bonchev–Trinajstić information content (AvgIpc) is 3.17. The van der Waals surface area contributed by atoms with Crippen molar-refractivity contribution in [2.24, 2.45) is 4.99 Å². The molecular formula is C16H13ClN4O2. The van der Waals surface area contributed by atoms with Crippen molar-refractivity contribution in [2.45, 2.75) is 0 Å². The maximum Gasteiger partial charge on any atom is 0.255 e. The summed E-state index contributed by atoms with van der Waals surface area (Å²) in [5, 5.41) is 7.42. The van der Waals surface area contributed by atoms with Gasteiger partial charge in [0, 0.05) is 23.7 Å². The van der Waals surface area contributed by atoms with Crippen LogP contribution in [0.1, 0.15) is 5.76 Å². The van der Waals surface area contributed by atoms with Crippen LogP contribution in [0, 0.1) is 0 Å². The highest BCUT2D eigenvalue weighted by atomic mass is 35.5. The fourth-order valence-corrected chi connectivity index (χ4v) is 2.88. The molecule has 0 saturated carbocycles. The van der Waals surface area contributed by atoms with E-state index in [-0.39, 0.29) is 5.91 Å². The van der Waals surface area contributed by atoms with E-state index < -0.39 is 0 Å². The van der Waals surface area contributed by atoms with Crippen LogP contribution >= 0.6 is 11.6 Å². The van der Waals surface area contributed by atoms with Crippen LogP contribution in [0.15, 0.2) is 45.4 Å². The minimum absolute atomic E-state index is 0.155. The Balaban J connectivity index is 1.61. The van der Waals surface area contributed by atoms with Crippen LogP contribution in [-0.4, -0.2) is 41.6 Å². The molecule has 1 fully saturated rings. The number of halogens is 1. The van der Waals surface area contributed by atoms with Gasteiger partial charge in [-0.2, -0.15) is 0 Å².